The summed E-state index contributed by atoms with van der Waals surface area (Å²) in [5.41, 5.74) is -5.75. The highest BCUT2D eigenvalue weighted by Gasteiger charge is 2.74. The number of rotatable bonds is 4. The lowest BCUT2D eigenvalue weighted by Gasteiger charge is -2.63. The van der Waals surface area contributed by atoms with E-state index in [-0.39, 0.29) is 29.7 Å². The Balaban J connectivity index is 1.82. The van der Waals surface area contributed by atoms with Crippen molar-refractivity contribution < 1.29 is 34.8 Å². The Labute approximate surface area is 219 Å². The number of aliphatic hydroxyl groups excluding tert-OH is 2. The van der Waals surface area contributed by atoms with Crippen molar-refractivity contribution in [3.05, 3.63) is 35.6 Å². The summed E-state index contributed by atoms with van der Waals surface area (Å²) in [5, 5.41) is 43.6. The molecule has 4 rings (SSSR count). The zero-order chi connectivity index (χ0) is 28.1. The second-order valence-corrected chi connectivity index (χ2v) is 13.9. The summed E-state index contributed by atoms with van der Waals surface area (Å²) in [7, 11) is 0. The van der Waals surface area contributed by atoms with Crippen LogP contribution in [0.15, 0.2) is 35.6 Å². The van der Waals surface area contributed by atoms with Crippen LogP contribution in [0.25, 0.3) is 0 Å². The van der Waals surface area contributed by atoms with Gasteiger partial charge in [0.05, 0.1) is 17.1 Å². The van der Waals surface area contributed by atoms with Gasteiger partial charge in [0.25, 0.3) is 0 Å². The second kappa shape index (κ2) is 7.96. The Morgan fingerprint density at radius 1 is 1.05 bits per heavy atom. The second-order valence-electron chi connectivity index (χ2n) is 13.9. The van der Waals surface area contributed by atoms with Crippen molar-refractivity contribution in [3.8, 4) is 0 Å². The van der Waals surface area contributed by atoms with Crippen molar-refractivity contribution >= 4 is 17.3 Å². The SMILES string of the molecule is CC(C)(O)C=CC(=O)[C@](C)(O)[C@H]1[C@H](O)C[C@@]2(C)[C@@H]3CC=C4[C@@H](C=C(O)C(=O)C4(C)C)[C@]3(C)C(=O)C[C@]12C. The van der Waals surface area contributed by atoms with Crippen molar-refractivity contribution in [1.29, 1.82) is 0 Å². The number of aliphatic hydroxyl groups is 4. The van der Waals surface area contributed by atoms with Gasteiger partial charge in [0.2, 0.25) is 5.78 Å². The van der Waals surface area contributed by atoms with E-state index in [4.69, 9.17) is 0 Å². The van der Waals surface area contributed by atoms with Crippen molar-refractivity contribution in [2.45, 2.75) is 92.0 Å². The van der Waals surface area contributed by atoms with Gasteiger partial charge in [0.15, 0.2) is 11.5 Å². The van der Waals surface area contributed by atoms with Gasteiger partial charge in [0, 0.05) is 23.7 Å². The van der Waals surface area contributed by atoms with Crippen LogP contribution in [0, 0.1) is 39.4 Å². The summed E-state index contributed by atoms with van der Waals surface area (Å²) in [6.45, 7) is 13.8. The molecule has 0 amide bonds. The maximum Gasteiger partial charge on any atom is 0.206 e. The van der Waals surface area contributed by atoms with Crippen molar-refractivity contribution in [2.75, 3.05) is 0 Å². The minimum atomic E-state index is -1.96. The van der Waals surface area contributed by atoms with Crippen molar-refractivity contribution in [1.82, 2.24) is 0 Å². The molecule has 0 aromatic heterocycles. The Hall–Kier alpha value is -2.09. The van der Waals surface area contributed by atoms with Gasteiger partial charge in [-0.25, -0.2) is 0 Å². The van der Waals surface area contributed by atoms with Crippen LogP contribution in [-0.2, 0) is 14.4 Å². The molecule has 37 heavy (non-hydrogen) atoms. The summed E-state index contributed by atoms with van der Waals surface area (Å²) in [6, 6.07) is 0. The Morgan fingerprint density at radius 2 is 1.65 bits per heavy atom. The summed E-state index contributed by atoms with van der Waals surface area (Å²) in [6.07, 6.45) is 5.85. The maximum atomic E-state index is 14.2. The number of hydrogen-bond acceptors (Lipinski definition) is 7. The van der Waals surface area contributed by atoms with E-state index in [9.17, 15) is 34.8 Å². The third-order valence-electron chi connectivity index (χ3n) is 10.8. The lowest BCUT2D eigenvalue weighted by molar-refractivity contribution is -0.179. The first kappa shape index (κ1) is 27.9. The summed E-state index contributed by atoms with van der Waals surface area (Å²) >= 11 is 0. The molecular formula is C30H42O7. The van der Waals surface area contributed by atoms with E-state index in [0.717, 1.165) is 11.6 Å². The van der Waals surface area contributed by atoms with Crippen LogP contribution in [0.1, 0.15) is 74.7 Å². The molecule has 0 unspecified atom stereocenters. The molecule has 4 aliphatic rings. The number of carbonyl (C=O) groups is 3. The standard InChI is InChI=1S/C30H42O7/c1-25(2,36)12-11-21(33)30(8,37)23-19(32)14-27(5)20-10-9-16-17(13-18(31)24(35)26(16,3)4)29(20,7)22(34)15-28(23,27)6/h9,11-13,17,19-20,23,31-32,36-37H,10,14-15H2,1-8H3/t17-,19-,20+,23+,27+,28-,29+,30+/m1/s1. The summed E-state index contributed by atoms with van der Waals surface area (Å²) in [4.78, 5) is 40.1. The molecule has 4 aliphatic carbocycles. The number of Topliss-reactive ketones (excluding diaryl/α,β-unsaturated/α-hetero) is 2. The molecule has 0 heterocycles. The Morgan fingerprint density at radius 3 is 2.22 bits per heavy atom. The van der Waals surface area contributed by atoms with E-state index in [2.05, 4.69) is 0 Å². The maximum absolute atomic E-state index is 14.2. The molecule has 7 nitrogen and oxygen atoms in total. The molecule has 0 aromatic carbocycles. The number of carbonyl (C=O) groups excluding carboxylic acids is 3. The normalized spacial score (nSPS) is 42.9. The summed E-state index contributed by atoms with van der Waals surface area (Å²) in [5.74, 6) is -2.98. The molecule has 0 spiro atoms. The number of allylic oxidation sites excluding steroid dienone is 4. The van der Waals surface area contributed by atoms with E-state index in [1.54, 1.807) is 13.8 Å². The molecule has 7 heteroatoms. The van der Waals surface area contributed by atoms with Gasteiger partial charge in [-0.05, 0) is 76.4 Å². The van der Waals surface area contributed by atoms with Gasteiger partial charge >= 0.3 is 0 Å². The predicted molar refractivity (Wildman–Crippen MR) is 138 cm³/mol. The average Bonchev–Trinajstić information content (AvgIpc) is 2.96. The van der Waals surface area contributed by atoms with Crippen LogP contribution in [-0.4, -0.2) is 55.1 Å². The van der Waals surface area contributed by atoms with E-state index >= 15 is 0 Å². The van der Waals surface area contributed by atoms with Crippen LogP contribution in [0.5, 0.6) is 0 Å². The highest BCUT2D eigenvalue weighted by molar-refractivity contribution is 6.02. The fourth-order valence-corrected chi connectivity index (χ4v) is 8.58. The average molecular weight is 515 g/mol. The van der Waals surface area contributed by atoms with Gasteiger partial charge in [-0.3, -0.25) is 14.4 Å². The molecule has 0 aliphatic heterocycles. The van der Waals surface area contributed by atoms with Crippen LogP contribution < -0.4 is 0 Å². The van der Waals surface area contributed by atoms with Crippen molar-refractivity contribution in [3.63, 3.8) is 0 Å². The predicted octanol–water partition coefficient (Wildman–Crippen LogP) is 3.62. The first-order valence-corrected chi connectivity index (χ1v) is 13.2. The molecule has 0 aromatic rings. The number of fused-ring (bicyclic) bond motifs is 5. The zero-order valence-electron chi connectivity index (χ0n) is 23.3. The fourth-order valence-electron chi connectivity index (χ4n) is 8.58. The van der Waals surface area contributed by atoms with Crippen LogP contribution >= 0.6 is 0 Å². The molecule has 0 bridgehead atoms. The molecule has 204 valence electrons. The monoisotopic (exact) mass is 514 g/mol. The molecule has 8 atom stereocenters. The molecule has 4 N–H and O–H groups in total. The topological polar surface area (TPSA) is 132 Å². The first-order chi connectivity index (χ1) is 16.7. The largest absolute Gasteiger partial charge is 0.505 e. The van der Waals surface area contributed by atoms with Crippen molar-refractivity contribution in [2.24, 2.45) is 39.4 Å². The summed E-state index contributed by atoms with van der Waals surface area (Å²) < 4.78 is 0. The van der Waals surface area contributed by atoms with Gasteiger partial charge in [-0.1, -0.05) is 38.5 Å². The zero-order valence-corrected chi connectivity index (χ0v) is 23.3. The molecular weight excluding hydrogens is 472 g/mol. The molecule has 0 radical (unpaired) electrons. The van der Waals surface area contributed by atoms with Gasteiger partial charge in [-0.15, -0.1) is 0 Å². The lowest BCUT2D eigenvalue weighted by atomic mass is 9.39. The van der Waals surface area contributed by atoms with Gasteiger partial charge < -0.3 is 20.4 Å². The van der Waals surface area contributed by atoms with Crippen LogP contribution in [0.3, 0.4) is 0 Å². The van der Waals surface area contributed by atoms with E-state index in [0.29, 0.717) is 12.8 Å². The minimum Gasteiger partial charge on any atom is -0.505 e. The Bertz CT molecular complexity index is 1150. The highest BCUT2D eigenvalue weighted by Crippen LogP contribution is 2.73. The number of ketones is 3. The lowest BCUT2D eigenvalue weighted by Crippen LogP contribution is -2.64. The molecule has 2 saturated carbocycles. The smallest absolute Gasteiger partial charge is 0.206 e. The van der Waals surface area contributed by atoms with Gasteiger partial charge in [0.1, 0.15) is 11.4 Å². The van der Waals surface area contributed by atoms with Gasteiger partial charge in [-0.2, -0.15) is 0 Å². The first-order valence-electron chi connectivity index (χ1n) is 13.2. The van der Waals surface area contributed by atoms with E-state index in [1.807, 2.05) is 26.8 Å². The number of hydrogen-bond donors (Lipinski definition) is 4. The molecule has 2 fully saturated rings. The van der Waals surface area contributed by atoms with E-state index in [1.165, 1.54) is 32.9 Å². The third kappa shape index (κ3) is 3.60. The Kier molecular flexibility index (Phi) is 6.01. The third-order valence-corrected chi connectivity index (χ3v) is 10.8. The fraction of sp³-hybridized carbons (Fsp3) is 0.700. The van der Waals surface area contributed by atoms with Crippen LogP contribution in [0.2, 0.25) is 0 Å². The van der Waals surface area contributed by atoms with E-state index < -0.39 is 56.6 Å². The minimum absolute atomic E-state index is 0.0453. The van der Waals surface area contributed by atoms with Crippen LogP contribution in [0.4, 0.5) is 0 Å². The molecule has 0 saturated heterocycles. The quantitative estimate of drug-likeness (QED) is 0.333. The highest BCUT2D eigenvalue weighted by atomic mass is 16.3.